The van der Waals surface area contributed by atoms with Gasteiger partial charge in [-0.3, -0.25) is 0 Å². The first-order valence-corrected chi connectivity index (χ1v) is 4.14. The van der Waals surface area contributed by atoms with Gasteiger partial charge in [0.25, 0.3) is 0 Å². The molecule has 0 spiro atoms. The van der Waals surface area contributed by atoms with Crippen molar-refractivity contribution in [1.82, 2.24) is 0 Å². The number of aliphatic hydroxyl groups is 1. The van der Waals surface area contributed by atoms with Gasteiger partial charge in [0.05, 0.1) is 12.2 Å². The predicted molar refractivity (Wildman–Crippen MR) is 46.5 cm³/mol. The lowest BCUT2D eigenvalue weighted by atomic mass is 9.85. The molecule has 0 fully saturated rings. The van der Waals surface area contributed by atoms with Gasteiger partial charge in [0.2, 0.25) is 0 Å². The summed E-state index contributed by atoms with van der Waals surface area (Å²) in [6.07, 6.45) is 0.336. The molecular weight excluding hydrogens is 140 g/mol. The molecule has 2 heteroatoms. The Bertz CT molecular complexity index is 105. The number of rotatable bonds is 3. The minimum atomic E-state index is -0.347. The van der Waals surface area contributed by atoms with Crippen molar-refractivity contribution in [2.75, 3.05) is 7.11 Å². The first kappa shape index (κ1) is 10.9. The van der Waals surface area contributed by atoms with Gasteiger partial charge >= 0.3 is 0 Å². The van der Waals surface area contributed by atoms with E-state index >= 15 is 0 Å². The second-order valence-corrected chi connectivity index (χ2v) is 4.00. The number of hydrogen-bond donors (Lipinski definition) is 1. The van der Waals surface area contributed by atoms with Gasteiger partial charge in [-0.25, -0.2) is 0 Å². The Labute approximate surface area is 69.6 Å². The summed E-state index contributed by atoms with van der Waals surface area (Å²) in [6.45, 7) is 8.17. The van der Waals surface area contributed by atoms with E-state index in [-0.39, 0.29) is 17.6 Å². The van der Waals surface area contributed by atoms with Crippen LogP contribution in [0.15, 0.2) is 0 Å². The Balaban J connectivity index is 4.16. The number of methoxy groups -OCH3 is 1. The molecule has 0 aliphatic heterocycles. The second kappa shape index (κ2) is 4.07. The normalized spacial score (nSPS) is 18.0. The van der Waals surface area contributed by atoms with Crippen LogP contribution in [0.1, 0.15) is 34.1 Å². The molecule has 0 bridgehead atoms. The van der Waals surface area contributed by atoms with Crippen molar-refractivity contribution in [3.63, 3.8) is 0 Å². The molecular formula is C9H20O2. The van der Waals surface area contributed by atoms with Gasteiger partial charge in [-0.1, -0.05) is 27.7 Å². The third-order valence-electron chi connectivity index (χ3n) is 1.88. The molecule has 0 saturated carbocycles. The summed E-state index contributed by atoms with van der Waals surface area (Å²) in [7, 11) is 1.65. The van der Waals surface area contributed by atoms with Crippen molar-refractivity contribution < 1.29 is 9.84 Å². The highest BCUT2D eigenvalue weighted by atomic mass is 16.5. The third-order valence-corrected chi connectivity index (χ3v) is 1.88. The van der Waals surface area contributed by atoms with E-state index in [2.05, 4.69) is 20.8 Å². The van der Waals surface area contributed by atoms with E-state index in [0.29, 0.717) is 0 Å². The molecule has 68 valence electrons. The predicted octanol–water partition coefficient (Wildman–Crippen LogP) is 1.82. The van der Waals surface area contributed by atoms with Crippen LogP contribution in [-0.2, 0) is 4.74 Å². The van der Waals surface area contributed by atoms with E-state index in [1.165, 1.54) is 0 Å². The quantitative estimate of drug-likeness (QED) is 0.682. The van der Waals surface area contributed by atoms with Crippen molar-refractivity contribution in [3.05, 3.63) is 0 Å². The van der Waals surface area contributed by atoms with E-state index in [9.17, 15) is 5.11 Å². The first-order valence-electron chi connectivity index (χ1n) is 4.14. The molecule has 2 nitrogen and oxygen atoms in total. The zero-order chi connectivity index (χ0) is 9.07. The minimum absolute atomic E-state index is 0.0180. The summed E-state index contributed by atoms with van der Waals surface area (Å²) < 4.78 is 5.22. The minimum Gasteiger partial charge on any atom is -0.390 e. The Morgan fingerprint density at radius 1 is 1.36 bits per heavy atom. The Morgan fingerprint density at radius 2 is 1.82 bits per heavy atom. The molecule has 0 heterocycles. The summed E-state index contributed by atoms with van der Waals surface area (Å²) in [5.41, 5.74) is 0.0180. The van der Waals surface area contributed by atoms with Crippen LogP contribution in [-0.4, -0.2) is 24.4 Å². The van der Waals surface area contributed by atoms with Crippen molar-refractivity contribution in [2.45, 2.75) is 46.3 Å². The van der Waals surface area contributed by atoms with Crippen LogP contribution in [0.25, 0.3) is 0 Å². The van der Waals surface area contributed by atoms with E-state index in [0.717, 1.165) is 6.42 Å². The van der Waals surface area contributed by atoms with Gasteiger partial charge in [0.15, 0.2) is 0 Å². The van der Waals surface area contributed by atoms with Gasteiger partial charge in [0, 0.05) is 7.11 Å². The SMILES string of the molecule is CCC(O)C(OC)C(C)(C)C. The monoisotopic (exact) mass is 160 g/mol. The molecule has 0 rings (SSSR count). The van der Waals surface area contributed by atoms with Gasteiger partial charge < -0.3 is 9.84 Å². The van der Waals surface area contributed by atoms with E-state index in [1.54, 1.807) is 7.11 Å². The fourth-order valence-corrected chi connectivity index (χ4v) is 1.30. The van der Waals surface area contributed by atoms with E-state index in [4.69, 9.17) is 4.74 Å². The zero-order valence-corrected chi connectivity index (χ0v) is 8.22. The molecule has 0 amide bonds. The van der Waals surface area contributed by atoms with Crippen LogP contribution < -0.4 is 0 Å². The molecule has 0 radical (unpaired) electrons. The maximum Gasteiger partial charge on any atom is 0.0878 e. The molecule has 2 unspecified atom stereocenters. The highest BCUT2D eigenvalue weighted by molar-refractivity contribution is 4.79. The first-order chi connectivity index (χ1) is 4.93. The molecule has 1 N–H and O–H groups in total. The Hall–Kier alpha value is -0.0800. The molecule has 0 aromatic heterocycles. The van der Waals surface area contributed by atoms with Crippen LogP contribution in [0.2, 0.25) is 0 Å². The topological polar surface area (TPSA) is 29.5 Å². The summed E-state index contributed by atoms with van der Waals surface area (Å²) in [6, 6.07) is 0. The lowest BCUT2D eigenvalue weighted by Crippen LogP contribution is -2.38. The number of ether oxygens (including phenoxy) is 1. The summed E-state index contributed by atoms with van der Waals surface area (Å²) in [5.74, 6) is 0. The fourth-order valence-electron chi connectivity index (χ4n) is 1.30. The molecule has 0 aromatic rings. The molecule has 0 saturated heterocycles. The average molecular weight is 160 g/mol. The fraction of sp³-hybridized carbons (Fsp3) is 1.00. The third kappa shape index (κ3) is 3.21. The van der Waals surface area contributed by atoms with Crippen molar-refractivity contribution in [2.24, 2.45) is 5.41 Å². The van der Waals surface area contributed by atoms with Crippen LogP contribution in [0.5, 0.6) is 0 Å². The molecule has 2 atom stereocenters. The summed E-state index contributed by atoms with van der Waals surface area (Å²) >= 11 is 0. The molecule has 0 aromatic carbocycles. The highest BCUT2D eigenvalue weighted by Gasteiger charge is 2.29. The second-order valence-electron chi connectivity index (χ2n) is 4.00. The molecule has 11 heavy (non-hydrogen) atoms. The average Bonchev–Trinajstić information content (AvgIpc) is 1.86. The highest BCUT2D eigenvalue weighted by Crippen LogP contribution is 2.25. The van der Waals surface area contributed by atoms with Crippen LogP contribution in [0.3, 0.4) is 0 Å². The largest absolute Gasteiger partial charge is 0.390 e. The standard InChI is InChI=1S/C9H20O2/c1-6-7(10)8(11-5)9(2,3)4/h7-8,10H,6H2,1-5H3. The van der Waals surface area contributed by atoms with Gasteiger partial charge in [-0.15, -0.1) is 0 Å². The lowest BCUT2D eigenvalue weighted by molar-refractivity contribution is -0.0714. The van der Waals surface area contributed by atoms with Crippen molar-refractivity contribution >= 4 is 0 Å². The Kier molecular flexibility index (Phi) is 4.04. The maximum atomic E-state index is 9.53. The van der Waals surface area contributed by atoms with Crippen LogP contribution in [0, 0.1) is 5.41 Å². The summed E-state index contributed by atoms with van der Waals surface area (Å²) in [4.78, 5) is 0. The van der Waals surface area contributed by atoms with Crippen molar-refractivity contribution in [3.8, 4) is 0 Å². The van der Waals surface area contributed by atoms with Crippen molar-refractivity contribution in [1.29, 1.82) is 0 Å². The Morgan fingerprint density at radius 3 is 1.91 bits per heavy atom. The molecule has 0 aliphatic rings. The number of aliphatic hydroxyl groups excluding tert-OH is 1. The summed E-state index contributed by atoms with van der Waals surface area (Å²) in [5, 5.41) is 9.53. The maximum absolute atomic E-state index is 9.53. The van der Waals surface area contributed by atoms with Gasteiger partial charge in [-0.05, 0) is 11.8 Å². The van der Waals surface area contributed by atoms with E-state index < -0.39 is 0 Å². The zero-order valence-electron chi connectivity index (χ0n) is 8.22. The van der Waals surface area contributed by atoms with E-state index in [1.807, 2.05) is 6.92 Å². The lowest BCUT2D eigenvalue weighted by Gasteiger charge is -2.32. The smallest absolute Gasteiger partial charge is 0.0878 e. The number of hydrogen-bond acceptors (Lipinski definition) is 2. The van der Waals surface area contributed by atoms with Crippen LogP contribution >= 0.6 is 0 Å². The molecule has 0 aliphatic carbocycles. The van der Waals surface area contributed by atoms with Gasteiger partial charge in [-0.2, -0.15) is 0 Å². The van der Waals surface area contributed by atoms with Gasteiger partial charge in [0.1, 0.15) is 0 Å². The van der Waals surface area contributed by atoms with Crippen LogP contribution in [0.4, 0.5) is 0 Å².